The summed E-state index contributed by atoms with van der Waals surface area (Å²) < 4.78 is 33.8. The minimum Gasteiger partial charge on any atom is -0.382 e. The number of carbonyl (C=O) groups is 1. The zero-order valence-corrected chi connectivity index (χ0v) is 19.3. The second-order valence-corrected chi connectivity index (χ2v) is 9.71. The van der Waals surface area contributed by atoms with Crippen LogP contribution in [-0.2, 0) is 14.9 Å². The number of benzene rings is 2. The normalized spacial score (nSPS) is 16.8. The number of rotatable bonds is 6. The lowest BCUT2D eigenvalue weighted by atomic mass is 10.1. The number of hydrogen-bond donors (Lipinski definition) is 3. The number of imidazole rings is 1. The Morgan fingerprint density at radius 1 is 1.31 bits per heavy atom. The van der Waals surface area contributed by atoms with E-state index in [9.17, 15) is 13.2 Å². The summed E-state index contributed by atoms with van der Waals surface area (Å²) >= 11 is 6.05. The lowest BCUT2D eigenvalue weighted by molar-refractivity contribution is 0.0892. The van der Waals surface area contributed by atoms with Crippen LogP contribution >= 0.6 is 11.6 Å². The van der Waals surface area contributed by atoms with E-state index in [0.717, 1.165) is 11.0 Å². The fraction of sp³-hybridized carbons (Fsp3) is 0.333. The highest BCUT2D eigenvalue weighted by atomic mass is 35.5. The molecular weight excluding hydrogens is 454 g/mol. The largest absolute Gasteiger partial charge is 0.382 e. The monoisotopic (exact) mass is 477 g/mol. The number of amides is 1. The zero-order valence-electron chi connectivity index (χ0n) is 17.7. The first-order valence-electron chi connectivity index (χ1n) is 10.1. The fourth-order valence-electron chi connectivity index (χ4n) is 3.71. The first-order valence-corrected chi connectivity index (χ1v) is 11.9. The average Bonchev–Trinajstić information content (AvgIpc) is 3.16. The number of aromatic amines is 1. The smallest absolute Gasteiger partial charge is 0.301 e. The molecule has 11 heteroatoms. The van der Waals surface area contributed by atoms with Crippen LogP contribution in [0.25, 0.3) is 11.0 Å². The number of carbonyl (C=O) groups excluding carboxylic acids is 1. The van der Waals surface area contributed by atoms with Crippen molar-refractivity contribution >= 4 is 44.4 Å². The number of hydrogen-bond acceptors (Lipinski definition) is 5. The number of H-pyrrole nitrogens is 1. The van der Waals surface area contributed by atoms with Crippen molar-refractivity contribution in [2.24, 2.45) is 0 Å². The van der Waals surface area contributed by atoms with Crippen LogP contribution in [0.15, 0.2) is 36.4 Å². The first kappa shape index (κ1) is 22.5. The number of halogens is 1. The van der Waals surface area contributed by atoms with E-state index < -0.39 is 16.3 Å². The predicted octanol–water partition coefficient (Wildman–Crippen LogP) is 2.69. The van der Waals surface area contributed by atoms with Crippen LogP contribution in [0.5, 0.6) is 0 Å². The molecule has 1 aliphatic rings. The Labute approximate surface area is 191 Å². The van der Waals surface area contributed by atoms with Gasteiger partial charge in [0.25, 0.3) is 5.91 Å². The molecule has 1 aliphatic heterocycles. The molecule has 4 rings (SSSR count). The Bertz CT molecular complexity index is 1260. The fourth-order valence-corrected chi connectivity index (χ4v) is 5.28. The van der Waals surface area contributed by atoms with Gasteiger partial charge in [0.15, 0.2) is 0 Å². The maximum absolute atomic E-state index is 13.0. The van der Waals surface area contributed by atoms with Gasteiger partial charge in [0, 0.05) is 30.8 Å². The van der Waals surface area contributed by atoms with E-state index in [0.29, 0.717) is 47.2 Å². The van der Waals surface area contributed by atoms with Gasteiger partial charge in [-0.3, -0.25) is 9.10 Å². The minimum atomic E-state index is -3.57. The molecule has 0 aliphatic carbocycles. The molecule has 0 spiro atoms. The van der Waals surface area contributed by atoms with Gasteiger partial charge in [0.05, 0.1) is 23.3 Å². The average molecular weight is 478 g/mol. The molecule has 0 radical (unpaired) electrons. The molecule has 1 aromatic heterocycles. The summed E-state index contributed by atoms with van der Waals surface area (Å²) in [5.74, 6) is 0.233. The van der Waals surface area contributed by atoms with Crippen molar-refractivity contribution in [1.82, 2.24) is 20.0 Å². The van der Waals surface area contributed by atoms with E-state index in [4.69, 9.17) is 16.3 Å². The maximum Gasteiger partial charge on any atom is 0.301 e. The summed E-state index contributed by atoms with van der Waals surface area (Å²) in [6.07, 6.45) is 0.711. The van der Waals surface area contributed by atoms with E-state index in [1.807, 2.05) is 0 Å². The van der Waals surface area contributed by atoms with Crippen molar-refractivity contribution in [2.75, 3.05) is 31.1 Å². The lowest BCUT2D eigenvalue weighted by Crippen LogP contribution is -2.47. The molecule has 9 nitrogen and oxygen atoms in total. The number of aromatic nitrogens is 2. The van der Waals surface area contributed by atoms with Crippen LogP contribution < -0.4 is 14.3 Å². The Morgan fingerprint density at radius 2 is 2.12 bits per heavy atom. The quantitative estimate of drug-likeness (QED) is 0.504. The molecule has 0 bridgehead atoms. The topological polar surface area (TPSA) is 116 Å². The minimum absolute atomic E-state index is 0.216. The van der Waals surface area contributed by atoms with Crippen molar-refractivity contribution in [3.63, 3.8) is 0 Å². The Balaban J connectivity index is 1.56. The van der Waals surface area contributed by atoms with Crippen LogP contribution in [0.4, 0.5) is 5.69 Å². The van der Waals surface area contributed by atoms with Gasteiger partial charge in [-0.15, -0.1) is 0 Å². The van der Waals surface area contributed by atoms with Gasteiger partial charge in [-0.1, -0.05) is 11.6 Å². The molecule has 2 heterocycles. The second kappa shape index (κ2) is 9.07. The van der Waals surface area contributed by atoms with E-state index in [1.165, 1.54) is 4.31 Å². The number of nitrogens with one attached hydrogen (secondary N) is 3. The number of ether oxygens (including phenoxy) is 1. The molecule has 1 saturated heterocycles. The summed E-state index contributed by atoms with van der Waals surface area (Å²) in [5, 5.41) is 3.52. The molecule has 32 heavy (non-hydrogen) atoms. The molecule has 1 atom stereocenters. The number of methoxy groups -OCH3 is 1. The van der Waals surface area contributed by atoms with Gasteiger partial charge in [0.2, 0.25) is 0 Å². The zero-order chi connectivity index (χ0) is 22.9. The summed E-state index contributed by atoms with van der Waals surface area (Å²) in [6, 6.07) is 9.76. The lowest BCUT2D eigenvalue weighted by Gasteiger charge is -2.30. The highest BCUT2D eigenvalue weighted by Gasteiger charge is 2.27. The summed E-state index contributed by atoms with van der Waals surface area (Å²) in [5.41, 5.74) is 3.15. The van der Waals surface area contributed by atoms with Gasteiger partial charge in [0.1, 0.15) is 11.9 Å². The van der Waals surface area contributed by atoms with Gasteiger partial charge < -0.3 is 15.0 Å². The summed E-state index contributed by atoms with van der Waals surface area (Å²) in [6.45, 7) is 2.82. The maximum atomic E-state index is 13.0. The van der Waals surface area contributed by atoms with Crippen LogP contribution in [0.2, 0.25) is 5.02 Å². The van der Waals surface area contributed by atoms with Crippen LogP contribution in [-0.4, -0.2) is 51.1 Å². The van der Waals surface area contributed by atoms with Gasteiger partial charge in [-0.2, -0.15) is 13.1 Å². The summed E-state index contributed by atoms with van der Waals surface area (Å²) in [4.78, 5) is 20.7. The third kappa shape index (κ3) is 4.58. The molecule has 1 amide bonds. The number of aryl methyl sites for hydroxylation is 1. The van der Waals surface area contributed by atoms with E-state index in [-0.39, 0.29) is 12.5 Å². The van der Waals surface area contributed by atoms with E-state index in [2.05, 4.69) is 20.0 Å². The molecule has 3 N–H and O–H groups in total. The molecule has 3 aromatic rings. The van der Waals surface area contributed by atoms with Gasteiger partial charge >= 0.3 is 10.2 Å². The molecule has 1 fully saturated rings. The molecule has 2 aromatic carbocycles. The van der Waals surface area contributed by atoms with Crippen molar-refractivity contribution < 1.29 is 17.9 Å². The highest BCUT2D eigenvalue weighted by molar-refractivity contribution is 7.90. The SMILES string of the molecule is COCC(NC(=O)c1ccc(N2CCCNS2(=O)=O)c(C)c1)c1nc2ccc(Cl)cc2[nH]1. The third-order valence-electron chi connectivity index (χ3n) is 5.27. The van der Waals surface area contributed by atoms with Crippen LogP contribution in [0.1, 0.15) is 34.2 Å². The molecular formula is C21H24ClN5O4S. The second-order valence-electron chi connectivity index (χ2n) is 7.59. The third-order valence-corrected chi connectivity index (χ3v) is 7.03. The Hall–Kier alpha value is -2.66. The molecule has 1 unspecified atom stereocenters. The number of nitrogens with zero attached hydrogens (tertiary/aromatic N) is 2. The predicted molar refractivity (Wildman–Crippen MR) is 123 cm³/mol. The van der Waals surface area contributed by atoms with Crippen LogP contribution in [0.3, 0.4) is 0 Å². The molecule has 0 saturated carbocycles. The molecule has 170 valence electrons. The van der Waals surface area contributed by atoms with Crippen molar-refractivity contribution in [1.29, 1.82) is 0 Å². The number of fused-ring (bicyclic) bond motifs is 1. The van der Waals surface area contributed by atoms with Gasteiger partial charge in [-0.25, -0.2) is 4.98 Å². The van der Waals surface area contributed by atoms with Crippen molar-refractivity contribution in [3.05, 3.63) is 58.4 Å². The Kier molecular flexibility index (Phi) is 6.38. The highest BCUT2D eigenvalue weighted by Crippen LogP contribution is 2.26. The Morgan fingerprint density at radius 3 is 2.84 bits per heavy atom. The van der Waals surface area contributed by atoms with E-state index >= 15 is 0 Å². The first-order chi connectivity index (χ1) is 15.3. The van der Waals surface area contributed by atoms with Crippen LogP contribution in [0, 0.1) is 6.92 Å². The summed E-state index contributed by atoms with van der Waals surface area (Å²) in [7, 11) is -2.02. The van der Waals surface area contributed by atoms with E-state index in [1.54, 1.807) is 50.4 Å². The van der Waals surface area contributed by atoms with Gasteiger partial charge in [-0.05, 0) is 55.3 Å². The standard InChI is InChI=1S/C21H24ClN5O4S/c1-13-10-14(4-7-19(13)27-9-3-8-23-32(27,29)30)21(28)26-18(12-31-2)20-24-16-6-5-15(22)11-17(16)25-20/h4-7,10-11,18,23H,3,8-9,12H2,1-2H3,(H,24,25)(H,26,28). The van der Waals surface area contributed by atoms with Crippen molar-refractivity contribution in [2.45, 2.75) is 19.4 Å². The van der Waals surface area contributed by atoms with Crippen molar-refractivity contribution in [3.8, 4) is 0 Å². The number of anilines is 1.